The Bertz CT molecular complexity index is 3160. The van der Waals surface area contributed by atoms with E-state index in [0.717, 1.165) is 54.0 Å². The number of cyclic esters (lactones) is 2. The molecule has 20 heteroatoms. The molecule has 3 aliphatic heterocycles. The van der Waals surface area contributed by atoms with Crippen LogP contribution >= 0.6 is 0 Å². The summed E-state index contributed by atoms with van der Waals surface area (Å²) in [6.07, 6.45) is -1.08. The van der Waals surface area contributed by atoms with E-state index in [9.17, 15) is 32.4 Å². The van der Waals surface area contributed by atoms with Crippen LogP contribution in [0.1, 0.15) is 38.8 Å². The van der Waals surface area contributed by atoms with Gasteiger partial charge >= 0.3 is 18.2 Å². The predicted molar refractivity (Wildman–Crippen MR) is 275 cm³/mol. The summed E-state index contributed by atoms with van der Waals surface area (Å²) < 4.78 is 42.7. The van der Waals surface area contributed by atoms with Gasteiger partial charge in [-0.2, -0.15) is 8.42 Å². The Labute approximate surface area is 421 Å². The summed E-state index contributed by atoms with van der Waals surface area (Å²) >= 11 is 0. The van der Waals surface area contributed by atoms with Crippen LogP contribution in [0.25, 0.3) is 21.5 Å². The number of ether oxygens (including phenoxy) is 3. The van der Waals surface area contributed by atoms with Gasteiger partial charge in [0.1, 0.15) is 30.5 Å². The van der Waals surface area contributed by atoms with Crippen molar-refractivity contribution in [2.45, 2.75) is 19.1 Å². The molecule has 0 saturated carbocycles. The zero-order valence-electron chi connectivity index (χ0n) is 40.1. The molecular formula is C53H54N8O11S. The summed E-state index contributed by atoms with van der Waals surface area (Å²) in [7, 11) is -3.64. The second kappa shape index (κ2) is 23.0. The first-order valence-corrected chi connectivity index (χ1v) is 25.3. The number of fused-ring (bicyclic) bond motifs is 2. The number of piperazine rings is 1. The lowest BCUT2D eigenvalue weighted by atomic mass is 10.1. The number of carbonyl (C=O) groups excluding carboxylic acids is 5. The van der Waals surface area contributed by atoms with E-state index in [2.05, 4.69) is 20.4 Å². The highest BCUT2D eigenvalue weighted by molar-refractivity contribution is 7.86. The normalized spacial score (nSPS) is 17.1. The van der Waals surface area contributed by atoms with Crippen LogP contribution in [-0.2, 0) is 33.3 Å². The lowest BCUT2D eigenvalue weighted by Crippen LogP contribution is -2.50. The monoisotopic (exact) mass is 1010 g/mol. The van der Waals surface area contributed by atoms with Crippen molar-refractivity contribution in [1.82, 2.24) is 20.4 Å². The van der Waals surface area contributed by atoms with Gasteiger partial charge in [0.25, 0.3) is 21.9 Å². The van der Waals surface area contributed by atoms with E-state index in [1.54, 1.807) is 84.6 Å². The number of rotatable bonds is 14. The fraction of sp³-hybridized carbons (Fsp3) is 0.264. The van der Waals surface area contributed by atoms with Gasteiger partial charge in [0.2, 0.25) is 0 Å². The molecule has 378 valence electrons. The van der Waals surface area contributed by atoms with E-state index >= 15 is 0 Å². The quantitative estimate of drug-likeness (QED) is 0.0322. The fourth-order valence-corrected chi connectivity index (χ4v) is 8.85. The van der Waals surface area contributed by atoms with Gasteiger partial charge < -0.3 is 24.8 Å². The van der Waals surface area contributed by atoms with Crippen molar-refractivity contribution in [2.24, 2.45) is 0 Å². The smallest absolute Gasteiger partial charge is 0.414 e. The van der Waals surface area contributed by atoms with Gasteiger partial charge in [0.05, 0.1) is 32.5 Å². The molecule has 19 nitrogen and oxygen atoms in total. The number of esters is 1. The Hall–Kier alpha value is -8.04. The number of amidine groups is 2. The molecule has 0 radical (unpaired) electrons. The second-order valence-electron chi connectivity index (χ2n) is 17.5. The molecular weight excluding hydrogens is 957 g/mol. The average molecular weight is 1010 g/mol. The van der Waals surface area contributed by atoms with Crippen molar-refractivity contribution in [2.75, 3.05) is 81.6 Å². The third-order valence-electron chi connectivity index (χ3n) is 12.2. The Morgan fingerprint density at radius 2 is 1.03 bits per heavy atom. The zero-order valence-corrected chi connectivity index (χ0v) is 40.9. The minimum Gasteiger partial charge on any atom is -0.465 e. The van der Waals surface area contributed by atoms with Crippen LogP contribution in [0.5, 0.6) is 0 Å². The van der Waals surface area contributed by atoms with Gasteiger partial charge in [-0.05, 0) is 101 Å². The van der Waals surface area contributed by atoms with Crippen molar-refractivity contribution in [1.29, 1.82) is 10.8 Å². The van der Waals surface area contributed by atoms with E-state index in [4.69, 9.17) is 29.2 Å². The molecule has 9 rings (SSSR count). The summed E-state index contributed by atoms with van der Waals surface area (Å²) in [5, 5.41) is 25.8. The molecule has 0 aliphatic carbocycles. The SMILES string of the molecule is CCOC(=O)CN1CCN(CC2CN(c3ccc(C(=N)NC(=O)c4ccc5ccccc5c4)cc3)C(=O)O2)CC1.CS(=O)(=O)OCC1CN(c2ccc(C(=N)NC(=O)c3ccc4ccccc4c3)cc2)C(=O)O1. The highest BCUT2D eigenvalue weighted by Gasteiger charge is 2.35. The van der Waals surface area contributed by atoms with Gasteiger partial charge in [-0.25, -0.2) is 9.59 Å². The number of nitrogens with zero attached hydrogens (tertiary/aromatic N) is 4. The lowest BCUT2D eigenvalue weighted by molar-refractivity contribution is -0.144. The lowest BCUT2D eigenvalue weighted by Gasteiger charge is -2.34. The van der Waals surface area contributed by atoms with E-state index in [1.165, 1.54) is 4.90 Å². The maximum absolute atomic E-state index is 12.7. The minimum absolute atomic E-state index is 0.0197. The Kier molecular flexibility index (Phi) is 16.2. The van der Waals surface area contributed by atoms with E-state index in [1.807, 2.05) is 60.7 Å². The molecule has 4 amide bonds. The molecule has 0 bridgehead atoms. The minimum atomic E-state index is -3.64. The molecule has 73 heavy (non-hydrogen) atoms. The van der Waals surface area contributed by atoms with E-state index in [0.29, 0.717) is 59.9 Å². The van der Waals surface area contributed by atoms with Gasteiger partial charge in [0.15, 0.2) is 0 Å². The summed E-state index contributed by atoms with van der Waals surface area (Å²) in [4.78, 5) is 69.0. The van der Waals surface area contributed by atoms with Gasteiger partial charge in [-0.15, -0.1) is 0 Å². The highest BCUT2D eigenvalue weighted by atomic mass is 32.2. The van der Waals surface area contributed by atoms with Crippen LogP contribution in [0, 0.1) is 10.8 Å². The summed E-state index contributed by atoms with van der Waals surface area (Å²) in [5.41, 5.74) is 3.09. The number of nitrogens with one attached hydrogen (secondary N) is 4. The van der Waals surface area contributed by atoms with Crippen molar-refractivity contribution in [3.05, 3.63) is 156 Å². The van der Waals surface area contributed by atoms with E-state index in [-0.39, 0.29) is 42.8 Å². The fourth-order valence-electron chi connectivity index (χ4n) is 8.45. The maximum Gasteiger partial charge on any atom is 0.414 e. The predicted octanol–water partition coefficient (Wildman–Crippen LogP) is 6.00. The average Bonchev–Trinajstić information content (AvgIpc) is 3.96. The van der Waals surface area contributed by atoms with Crippen LogP contribution < -0.4 is 20.4 Å². The van der Waals surface area contributed by atoms with Crippen LogP contribution in [0.3, 0.4) is 0 Å². The Balaban J connectivity index is 0.000000199. The van der Waals surface area contributed by atoms with Crippen LogP contribution in [0.2, 0.25) is 0 Å². The van der Waals surface area contributed by atoms with Crippen LogP contribution in [0.4, 0.5) is 21.0 Å². The van der Waals surface area contributed by atoms with Gasteiger partial charge in [-0.3, -0.25) is 49.0 Å². The molecule has 4 N–H and O–H groups in total. The molecule has 3 saturated heterocycles. The first-order valence-electron chi connectivity index (χ1n) is 23.5. The number of hydrogen-bond acceptors (Lipinski definition) is 15. The number of hydrogen-bond donors (Lipinski definition) is 4. The first-order chi connectivity index (χ1) is 35.1. The molecule has 0 aromatic heterocycles. The molecule has 3 heterocycles. The Morgan fingerprint density at radius 3 is 1.49 bits per heavy atom. The summed E-state index contributed by atoms with van der Waals surface area (Å²) in [6, 6.07) is 39.6. The Morgan fingerprint density at radius 1 is 0.603 bits per heavy atom. The number of amides is 4. The summed E-state index contributed by atoms with van der Waals surface area (Å²) in [5.74, 6) is -1.05. The second-order valence-corrected chi connectivity index (χ2v) is 19.1. The molecule has 6 aromatic carbocycles. The molecule has 2 unspecified atom stereocenters. The standard InChI is InChI=1S/C30H33N5O5.C23H21N3O6S/c1-2-39-27(36)20-34-15-13-33(14-16-34)18-26-19-35(30(38)40-26)25-11-9-22(10-12-25)28(31)32-29(37)24-8-7-21-5-3-4-6-23(21)17-24;1-33(29,30)31-14-20-13-26(23(28)32-20)19-10-8-16(9-11-19)21(24)25-22(27)18-7-6-15-4-2-3-5-17(15)12-18/h3-12,17,26H,2,13-16,18-20H2,1H3,(H2,31,32,37);2-12,20H,13-14H2,1H3,(H2,24,25,27). The topological polar surface area (TPSA) is 241 Å². The molecule has 3 fully saturated rings. The van der Waals surface area contributed by atoms with Crippen LogP contribution in [-0.4, -0.2) is 144 Å². The molecule has 3 aliphatic rings. The third kappa shape index (κ3) is 13.5. The zero-order chi connectivity index (χ0) is 51.6. The largest absolute Gasteiger partial charge is 0.465 e. The van der Waals surface area contributed by atoms with Crippen molar-refractivity contribution in [3.63, 3.8) is 0 Å². The first kappa shape index (κ1) is 51.3. The molecule has 6 aromatic rings. The summed E-state index contributed by atoms with van der Waals surface area (Å²) in [6.45, 7) is 6.50. The number of anilines is 2. The highest BCUT2D eigenvalue weighted by Crippen LogP contribution is 2.25. The number of carbonyl (C=O) groups is 5. The number of benzene rings is 6. The van der Waals surface area contributed by atoms with Gasteiger partial charge in [-0.1, -0.05) is 60.7 Å². The third-order valence-corrected chi connectivity index (χ3v) is 12.8. The molecule has 0 spiro atoms. The van der Waals surface area contributed by atoms with Gasteiger partial charge in [0, 0.05) is 66.4 Å². The van der Waals surface area contributed by atoms with Crippen LogP contribution in [0.15, 0.2) is 133 Å². The van der Waals surface area contributed by atoms with E-state index < -0.39 is 34.3 Å². The van der Waals surface area contributed by atoms with Crippen molar-refractivity contribution >= 4 is 84.7 Å². The van der Waals surface area contributed by atoms with Crippen molar-refractivity contribution < 1.29 is 50.8 Å². The molecule has 2 atom stereocenters. The maximum atomic E-state index is 12.7. The van der Waals surface area contributed by atoms with Crippen molar-refractivity contribution in [3.8, 4) is 0 Å².